The topological polar surface area (TPSA) is 74.7 Å². The summed E-state index contributed by atoms with van der Waals surface area (Å²) in [6, 6.07) is 1.66. The first-order valence-corrected chi connectivity index (χ1v) is 7.76. The Labute approximate surface area is 111 Å². The van der Waals surface area contributed by atoms with Crippen molar-refractivity contribution in [3.63, 3.8) is 0 Å². The van der Waals surface area contributed by atoms with Crippen LogP contribution in [0.15, 0.2) is 11.0 Å². The van der Waals surface area contributed by atoms with E-state index < -0.39 is 16.0 Å². The van der Waals surface area contributed by atoms with E-state index in [9.17, 15) is 13.2 Å². The van der Waals surface area contributed by atoms with Gasteiger partial charge in [0.05, 0.1) is 4.90 Å². The lowest BCUT2D eigenvalue weighted by molar-refractivity contribution is -0.137. The highest BCUT2D eigenvalue weighted by Crippen LogP contribution is 2.27. The molecule has 0 amide bonds. The third-order valence-electron chi connectivity index (χ3n) is 2.55. The van der Waals surface area contributed by atoms with Gasteiger partial charge in [0.25, 0.3) is 0 Å². The van der Waals surface area contributed by atoms with Gasteiger partial charge in [-0.3, -0.25) is 4.79 Å². The second kappa shape index (κ2) is 5.81. The lowest BCUT2D eigenvalue weighted by Crippen LogP contribution is -2.28. The van der Waals surface area contributed by atoms with Gasteiger partial charge in [0.2, 0.25) is 10.0 Å². The molecular formula is C11H17NO4S2. The number of aryl methyl sites for hydroxylation is 2. The summed E-state index contributed by atoms with van der Waals surface area (Å²) in [5.74, 6) is -0.914. The van der Waals surface area contributed by atoms with Crippen molar-refractivity contribution in [3.05, 3.63) is 15.8 Å². The maximum Gasteiger partial charge on any atom is 0.303 e. The standard InChI is InChI=1S/C11H17NO4S2/c1-8-7-10(9(2)17-8)18(15,16)12(3)6-4-5-11(13)14/h7H,4-6H2,1-3H3,(H,13,14). The number of aliphatic carboxylic acids is 1. The van der Waals surface area contributed by atoms with E-state index in [4.69, 9.17) is 5.11 Å². The molecule has 0 spiro atoms. The molecule has 0 atom stereocenters. The van der Waals surface area contributed by atoms with Gasteiger partial charge in [0.15, 0.2) is 0 Å². The van der Waals surface area contributed by atoms with Crippen LogP contribution in [0.25, 0.3) is 0 Å². The van der Waals surface area contributed by atoms with Gasteiger partial charge in [-0.15, -0.1) is 11.3 Å². The van der Waals surface area contributed by atoms with Crippen LogP contribution in [0.4, 0.5) is 0 Å². The Balaban J connectivity index is 2.80. The number of rotatable bonds is 6. The number of hydrogen-bond acceptors (Lipinski definition) is 4. The predicted octanol–water partition coefficient (Wildman–Crippen LogP) is 1.85. The van der Waals surface area contributed by atoms with Gasteiger partial charge in [-0.05, 0) is 26.3 Å². The van der Waals surface area contributed by atoms with Gasteiger partial charge in [-0.1, -0.05) is 0 Å². The summed E-state index contributed by atoms with van der Waals surface area (Å²) in [5.41, 5.74) is 0. The summed E-state index contributed by atoms with van der Waals surface area (Å²) in [6.45, 7) is 3.85. The molecule has 102 valence electrons. The highest BCUT2D eigenvalue weighted by atomic mass is 32.2. The van der Waals surface area contributed by atoms with Crippen LogP contribution >= 0.6 is 11.3 Å². The number of thiophene rings is 1. The molecule has 1 N–H and O–H groups in total. The van der Waals surface area contributed by atoms with E-state index >= 15 is 0 Å². The Bertz CT molecular complexity index is 533. The summed E-state index contributed by atoms with van der Waals surface area (Å²) in [6.07, 6.45) is 0.286. The molecule has 0 aliphatic rings. The van der Waals surface area contributed by atoms with E-state index in [0.717, 1.165) is 9.75 Å². The van der Waals surface area contributed by atoms with Crippen LogP contribution in [-0.4, -0.2) is 37.4 Å². The molecule has 0 aliphatic carbocycles. The molecule has 0 bridgehead atoms. The Hall–Kier alpha value is -0.920. The van der Waals surface area contributed by atoms with Crippen LogP contribution in [0.5, 0.6) is 0 Å². The largest absolute Gasteiger partial charge is 0.481 e. The highest BCUT2D eigenvalue weighted by molar-refractivity contribution is 7.89. The first kappa shape index (κ1) is 15.1. The van der Waals surface area contributed by atoms with Gasteiger partial charge in [-0.2, -0.15) is 0 Å². The molecule has 1 aromatic heterocycles. The van der Waals surface area contributed by atoms with Crippen molar-refractivity contribution in [3.8, 4) is 0 Å². The van der Waals surface area contributed by atoms with Gasteiger partial charge < -0.3 is 5.11 Å². The number of carboxylic acid groups (broad SMARTS) is 1. The maximum absolute atomic E-state index is 12.2. The number of nitrogens with zero attached hydrogens (tertiary/aromatic N) is 1. The van der Waals surface area contributed by atoms with Gasteiger partial charge in [0, 0.05) is 29.8 Å². The zero-order valence-electron chi connectivity index (χ0n) is 10.6. The summed E-state index contributed by atoms with van der Waals surface area (Å²) < 4.78 is 25.7. The molecule has 5 nitrogen and oxygen atoms in total. The zero-order chi connectivity index (χ0) is 13.9. The Morgan fingerprint density at radius 3 is 2.50 bits per heavy atom. The summed E-state index contributed by atoms with van der Waals surface area (Å²) in [7, 11) is -2.02. The van der Waals surface area contributed by atoms with E-state index in [-0.39, 0.29) is 13.0 Å². The average Bonchev–Trinajstić information content (AvgIpc) is 2.57. The third kappa shape index (κ3) is 3.54. The Morgan fingerprint density at radius 2 is 2.06 bits per heavy atom. The smallest absolute Gasteiger partial charge is 0.303 e. The minimum atomic E-state index is -3.50. The number of hydrogen-bond donors (Lipinski definition) is 1. The molecule has 0 fully saturated rings. The van der Waals surface area contributed by atoms with Crippen molar-refractivity contribution in [1.29, 1.82) is 0 Å². The van der Waals surface area contributed by atoms with Crippen molar-refractivity contribution in [1.82, 2.24) is 4.31 Å². The van der Waals surface area contributed by atoms with Crippen LogP contribution in [0.1, 0.15) is 22.6 Å². The van der Waals surface area contributed by atoms with Crippen LogP contribution in [-0.2, 0) is 14.8 Å². The zero-order valence-corrected chi connectivity index (χ0v) is 12.3. The summed E-state index contributed by atoms with van der Waals surface area (Å²) in [4.78, 5) is 12.4. The fourth-order valence-corrected chi connectivity index (χ4v) is 4.33. The number of sulfonamides is 1. The van der Waals surface area contributed by atoms with Crippen molar-refractivity contribution in [2.45, 2.75) is 31.6 Å². The van der Waals surface area contributed by atoms with E-state index in [1.807, 2.05) is 6.92 Å². The number of carboxylic acids is 1. The maximum atomic E-state index is 12.2. The average molecular weight is 291 g/mol. The normalized spacial score (nSPS) is 12.0. The van der Waals surface area contributed by atoms with Crippen molar-refractivity contribution < 1.29 is 18.3 Å². The molecule has 0 saturated heterocycles. The Kier molecular flexibility index (Phi) is 4.89. The van der Waals surface area contributed by atoms with Crippen molar-refractivity contribution in [2.24, 2.45) is 0 Å². The molecule has 0 aromatic carbocycles. The fraction of sp³-hybridized carbons (Fsp3) is 0.545. The first-order chi connectivity index (χ1) is 8.25. The molecule has 18 heavy (non-hydrogen) atoms. The van der Waals surface area contributed by atoms with Crippen LogP contribution in [0.3, 0.4) is 0 Å². The first-order valence-electron chi connectivity index (χ1n) is 5.50. The fourth-order valence-electron chi connectivity index (χ4n) is 1.60. The van der Waals surface area contributed by atoms with Gasteiger partial charge >= 0.3 is 5.97 Å². The predicted molar refractivity (Wildman–Crippen MR) is 70.5 cm³/mol. The monoisotopic (exact) mass is 291 g/mol. The highest BCUT2D eigenvalue weighted by Gasteiger charge is 2.24. The molecule has 0 radical (unpaired) electrons. The second-order valence-corrected chi connectivity index (χ2v) is 7.58. The molecular weight excluding hydrogens is 274 g/mol. The number of carbonyl (C=O) groups is 1. The van der Waals surface area contributed by atoms with Crippen LogP contribution < -0.4 is 0 Å². The minimum absolute atomic E-state index is 0.0263. The lowest BCUT2D eigenvalue weighted by atomic mass is 10.3. The van der Waals surface area contributed by atoms with Crippen molar-refractivity contribution in [2.75, 3.05) is 13.6 Å². The molecule has 1 aromatic rings. The molecule has 0 saturated carbocycles. The Morgan fingerprint density at radius 1 is 1.44 bits per heavy atom. The van der Waals surface area contributed by atoms with E-state index in [1.54, 1.807) is 13.0 Å². The van der Waals surface area contributed by atoms with Crippen LogP contribution in [0.2, 0.25) is 0 Å². The summed E-state index contributed by atoms with van der Waals surface area (Å²) in [5, 5.41) is 8.53. The van der Waals surface area contributed by atoms with Crippen molar-refractivity contribution >= 4 is 27.3 Å². The summed E-state index contributed by atoms with van der Waals surface area (Å²) >= 11 is 1.44. The van der Waals surface area contributed by atoms with E-state index in [0.29, 0.717) is 11.3 Å². The lowest BCUT2D eigenvalue weighted by Gasteiger charge is -2.16. The molecule has 0 unspecified atom stereocenters. The van der Waals surface area contributed by atoms with Gasteiger partial charge in [0.1, 0.15) is 0 Å². The molecule has 0 aliphatic heterocycles. The van der Waals surface area contributed by atoms with E-state index in [2.05, 4.69) is 0 Å². The quantitative estimate of drug-likeness (QED) is 0.868. The molecule has 1 rings (SSSR count). The molecule has 7 heteroatoms. The third-order valence-corrected chi connectivity index (χ3v) is 5.63. The molecule has 1 heterocycles. The van der Waals surface area contributed by atoms with Gasteiger partial charge in [-0.25, -0.2) is 12.7 Å². The van der Waals surface area contributed by atoms with Crippen LogP contribution in [0, 0.1) is 13.8 Å². The van der Waals surface area contributed by atoms with E-state index in [1.165, 1.54) is 22.7 Å². The minimum Gasteiger partial charge on any atom is -0.481 e. The SMILES string of the molecule is Cc1cc(S(=O)(=O)N(C)CCCC(=O)O)c(C)s1. The second-order valence-electron chi connectivity index (χ2n) is 4.10.